The minimum absolute atomic E-state index is 0.439. The maximum Gasteiger partial charge on any atom is 0.212 e. The Morgan fingerprint density at radius 2 is 2.31 bits per heavy atom. The van der Waals surface area contributed by atoms with Crippen molar-refractivity contribution in [2.45, 2.75) is 25.0 Å². The van der Waals surface area contributed by atoms with Crippen LogP contribution in [0.1, 0.15) is 18.2 Å². The van der Waals surface area contributed by atoms with Crippen LogP contribution >= 0.6 is 11.3 Å². The second kappa shape index (κ2) is 4.21. The van der Waals surface area contributed by atoms with Gasteiger partial charge in [-0.05, 0) is 24.3 Å². The maximum atomic E-state index is 11.1. The molecule has 0 spiro atoms. The third-order valence-corrected chi connectivity index (χ3v) is 4.26. The predicted octanol–water partition coefficient (Wildman–Crippen LogP) is 1.36. The van der Waals surface area contributed by atoms with Crippen LogP contribution in [-0.4, -0.2) is 13.7 Å². The summed E-state index contributed by atoms with van der Waals surface area (Å²) in [5.74, 6) is 0. The number of hydrogen-bond donors (Lipinski definition) is 1. The highest BCUT2D eigenvalue weighted by atomic mass is 32.2. The van der Waals surface area contributed by atoms with Gasteiger partial charge >= 0.3 is 0 Å². The Morgan fingerprint density at radius 1 is 1.62 bits per heavy atom. The first-order chi connectivity index (χ1) is 6.04. The van der Waals surface area contributed by atoms with E-state index in [-0.39, 0.29) is 0 Å². The van der Waals surface area contributed by atoms with Gasteiger partial charge in [0.15, 0.2) is 0 Å². The summed E-state index contributed by atoms with van der Waals surface area (Å²) in [6.45, 7) is 1.84. The van der Waals surface area contributed by atoms with E-state index in [0.29, 0.717) is 12.8 Å². The minimum Gasteiger partial charge on any atom is -0.228 e. The monoisotopic (exact) mass is 219 g/mol. The quantitative estimate of drug-likeness (QED) is 0.831. The first kappa shape index (κ1) is 10.7. The Balaban J connectivity index is 2.72. The van der Waals surface area contributed by atoms with Gasteiger partial charge in [-0.15, -0.1) is 11.3 Å². The highest BCUT2D eigenvalue weighted by Crippen LogP contribution is 2.15. The van der Waals surface area contributed by atoms with Gasteiger partial charge in [0, 0.05) is 4.88 Å². The number of rotatable bonds is 4. The number of sulfonamides is 1. The molecule has 1 aromatic heterocycles. The molecule has 0 amide bonds. The van der Waals surface area contributed by atoms with Crippen molar-refractivity contribution in [3.8, 4) is 0 Å². The summed E-state index contributed by atoms with van der Waals surface area (Å²) in [5.41, 5.74) is 0. The van der Waals surface area contributed by atoms with Crippen LogP contribution in [0.3, 0.4) is 0 Å². The summed E-state index contributed by atoms with van der Waals surface area (Å²) in [6.07, 6.45) is 1.10. The molecule has 5 heteroatoms. The molecule has 13 heavy (non-hydrogen) atoms. The van der Waals surface area contributed by atoms with E-state index in [0.717, 1.165) is 4.88 Å². The van der Waals surface area contributed by atoms with E-state index < -0.39 is 15.3 Å². The first-order valence-electron chi connectivity index (χ1n) is 4.08. The van der Waals surface area contributed by atoms with Crippen LogP contribution in [0.5, 0.6) is 0 Å². The molecule has 3 nitrogen and oxygen atoms in total. The molecule has 0 aromatic carbocycles. The SMILES string of the molecule is CCC(Cc1cccs1)S(N)(=O)=O. The lowest BCUT2D eigenvalue weighted by molar-refractivity contribution is 0.576. The molecule has 0 bridgehead atoms. The van der Waals surface area contributed by atoms with Gasteiger partial charge in [-0.3, -0.25) is 0 Å². The lowest BCUT2D eigenvalue weighted by Gasteiger charge is -2.10. The highest BCUT2D eigenvalue weighted by molar-refractivity contribution is 7.89. The predicted molar refractivity (Wildman–Crippen MR) is 55.2 cm³/mol. The summed E-state index contributed by atoms with van der Waals surface area (Å²) in [5, 5.41) is 6.58. The zero-order valence-corrected chi connectivity index (χ0v) is 9.07. The largest absolute Gasteiger partial charge is 0.228 e. The molecular weight excluding hydrogens is 206 g/mol. The molecule has 1 atom stereocenters. The fraction of sp³-hybridized carbons (Fsp3) is 0.500. The van der Waals surface area contributed by atoms with Gasteiger partial charge in [0.1, 0.15) is 0 Å². The standard InChI is InChI=1S/C8H13NO2S2/c1-2-8(13(9,10)11)6-7-4-3-5-12-7/h3-5,8H,2,6H2,1H3,(H2,9,10,11). The Hall–Kier alpha value is -0.390. The van der Waals surface area contributed by atoms with E-state index in [4.69, 9.17) is 5.14 Å². The Morgan fingerprint density at radius 3 is 2.69 bits per heavy atom. The number of nitrogens with two attached hydrogens (primary N) is 1. The van der Waals surface area contributed by atoms with Gasteiger partial charge in [0.2, 0.25) is 10.0 Å². The van der Waals surface area contributed by atoms with Crippen molar-refractivity contribution in [1.29, 1.82) is 0 Å². The van der Waals surface area contributed by atoms with Crippen LogP contribution in [0, 0.1) is 0 Å². The van der Waals surface area contributed by atoms with Crippen molar-refractivity contribution in [3.63, 3.8) is 0 Å². The Kier molecular flexibility index (Phi) is 3.47. The van der Waals surface area contributed by atoms with Gasteiger partial charge < -0.3 is 0 Å². The van der Waals surface area contributed by atoms with Crippen LogP contribution in [0.25, 0.3) is 0 Å². The molecule has 2 N–H and O–H groups in total. The van der Waals surface area contributed by atoms with Crippen LogP contribution in [-0.2, 0) is 16.4 Å². The van der Waals surface area contributed by atoms with Gasteiger partial charge in [-0.1, -0.05) is 13.0 Å². The molecule has 1 heterocycles. The molecular formula is C8H13NO2S2. The normalized spacial score (nSPS) is 14.3. The fourth-order valence-electron chi connectivity index (χ4n) is 1.15. The number of hydrogen-bond acceptors (Lipinski definition) is 3. The molecule has 0 saturated carbocycles. The average molecular weight is 219 g/mol. The summed E-state index contributed by atoms with van der Waals surface area (Å²) >= 11 is 1.56. The summed E-state index contributed by atoms with van der Waals surface area (Å²) in [6, 6.07) is 3.84. The van der Waals surface area contributed by atoms with Gasteiger partial charge in [0.25, 0.3) is 0 Å². The zero-order chi connectivity index (χ0) is 9.90. The van der Waals surface area contributed by atoms with Crippen LogP contribution in [0.15, 0.2) is 17.5 Å². The minimum atomic E-state index is -3.38. The Labute approximate surface area is 82.6 Å². The summed E-state index contributed by atoms with van der Waals surface area (Å²) < 4.78 is 22.1. The van der Waals surface area contributed by atoms with E-state index in [2.05, 4.69) is 0 Å². The second-order valence-electron chi connectivity index (χ2n) is 2.90. The molecule has 0 radical (unpaired) electrons. The van der Waals surface area contributed by atoms with E-state index in [9.17, 15) is 8.42 Å². The van der Waals surface area contributed by atoms with E-state index in [1.165, 1.54) is 0 Å². The smallest absolute Gasteiger partial charge is 0.212 e. The third kappa shape index (κ3) is 3.10. The van der Waals surface area contributed by atoms with E-state index in [1.807, 2.05) is 24.4 Å². The van der Waals surface area contributed by atoms with E-state index >= 15 is 0 Å². The molecule has 74 valence electrons. The molecule has 1 rings (SSSR count). The van der Waals surface area contributed by atoms with Crippen molar-refractivity contribution in [1.82, 2.24) is 0 Å². The lowest BCUT2D eigenvalue weighted by atomic mass is 10.2. The molecule has 1 aromatic rings. The Bertz CT molecular complexity index is 342. The molecule has 0 saturated heterocycles. The third-order valence-electron chi connectivity index (χ3n) is 1.93. The van der Waals surface area contributed by atoms with Crippen molar-refractivity contribution in [2.24, 2.45) is 5.14 Å². The van der Waals surface area contributed by atoms with Gasteiger partial charge in [-0.2, -0.15) is 0 Å². The van der Waals surface area contributed by atoms with Gasteiger partial charge in [-0.25, -0.2) is 13.6 Å². The van der Waals surface area contributed by atoms with Crippen molar-refractivity contribution >= 4 is 21.4 Å². The zero-order valence-electron chi connectivity index (χ0n) is 7.43. The topological polar surface area (TPSA) is 60.2 Å². The summed E-state index contributed by atoms with van der Waals surface area (Å²) in [4.78, 5) is 1.07. The molecule has 0 aliphatic heterocycles. The average Bonchev–Trinajstić information content (AvgIpc) is 2.49. The van der Waals surface area contributed by atoms with Gasteiger partial charge in [0.05, 0.1) is 5.25 Å². The molecule has 1 unspecified atom stereocenters. The molecule has 0 aliphatic carbocycles. The van der Waals surface area contributed by atoms with Crippen molar-refractivity contribution in [3.05, 3.63) is 22.4 Å². The number of thiophene rings is 1. The summed E-state index contributed by atoms with van der Waals surface area (Å²) in [7, 11) is -3.38. The highest BCUT2D eigenvalue weighted by Gasteiger charge is 2.19. The van der Waals surface area contributed by atoms with Crippen molar-refractivity contribution in [2.75, 3.05) is 0 Å². The maximum absolute atomic E-state index is 11.1. The van der Waals surface area contributed by atoms with Crippen LogP contribution in [0.4, 0.5) is 0 Å². The first-order valence-corrected chi connectivity index (χ1v) is 6.57. The molecule has 0 aliphatic rings. The second-order valence-corrected chi connectivity index (χ2v) is 5.78. The molecule has 0 fully saturated rings. The van der Waals surface area contributed by atoms with E-state index in [1.54, 1.807) is 11.3 Å². The lowest BCUT2D eigenvalue weighted by Crippen LogP contribution is -2.29. The van der Waals surface area contributed by atoms with Crippen LogP contribution < -0.4 is 5.14 Å². The van der Waals surface area contributed by atoms with Crippen LogP contribution in [0.2, 0.25) is 0 Å². The fourth-order valence-corrected chi connectivity index (χ4v) is 2.91. The number of primary sulfonamides is 1. The van der Waals surface area contributed by atoms with Crippen molar-refractivity contribution < 1.29 is 8.42 Å².